The van der Waals surface area contributed by atoms with Gasteiger partial charge in [-0.25, -0.2) is 9.78 Å². The summed E-state index contributed by atoms with van der Waals surface area (Å²) in [5.41, 5.74) is 1.15. The number of rotatable bonds is 5. The zero-order valence-electron chi connectivity index (χ0n) is 15.8. The number of carbonyl (C=O) groups is 1. The largest absolute Gasteiger partial charge is 0.478 e. The molecule has 0 fully saturated rings. The van der Waals surface area contributed by atoms with Crippen molar-refractivity contribution in [1.29, 1.82) is 0 Å². The van der Waals surface area contributed by atoms with Crippen molar-refractivity contribution in [1.82, 2.24) is 9.66 Å². The Bertz CT molecular complexity index is 1180. The van der Waals surface area contributed by atoms with Gasteiger partial charge in [-0.05, 0) is 78.4 Å². The van der Waals surface area contributed by atoms with Crippen LogP contribution < -0.4 is 10.3 Å². The lowest BCUT2D eigenvalue weighted by Crippen LogP contribution is -2.25. The molecule has 1 aromatic heterocycles. The maximum absolute atomic E-state index is 12.8. The predicted molar refractivity (Wildman–Crippen MR) is 123 cm³/mol. The van der Waals surface area contributed by atoms with Crippen LogP contribution in [0.1, 0.15) is 18.3 Å². The van der Waals surface area contributed by atoms with E-state index in [1.54, 1.807) is 44.3 Å². The second-order valence-corrected chi connectivity index (χ2v) is 8.23. The third kappa shape index (κ3) is 4.84. The molecule has 0 spiro atoms. The lowest BCUT2D eigenvalue weighted by molar-refractivity contribution is -0.147. The molecule has 0 aliphatic carbocycles. The topological polar surface area (TPSA) is 82.8 Å². The Morgan fingerprint density at radius 3 is 2.76 bits per heavy atom. The van der Waals surface area contributed by atoms with Gasteiger partial charge in [0.15, 0.2) is 6.10 Å². The Morgan fingerprint density at radius 1 is 1.31 bits per heavy atom. The molecule has 0 saturated carbocycles. The van der Waals surface area contributed by atoms with Crippen molar-refractivity contribution in [2.24, 2.45) is 5.10 Å². The average Bonchev–Trinajstić information content (AvgIpc) is 2.69. The van der Waals surface area contributed by atoms with Gasteiger partial charge in [-0.2, -0.15) is 9.78 Å². The minimum Gasteiger partial charge on any atom is -0.478 e. The smallest absolute Gasteiger partial charge is 0.346 e. The minimum atomic E-state index is -0.711. The Kier molecular flexibility index (Phi) is 6.68. The Balaban J connectivity index is 1.89. The standard InChI is InChI=1S/C20H17BrIN3O4/c1-11(20(27)28-3)29-18-7-4-13(8-16(18)22)10-23-25-12(2)24-17-6-5-14(21)9-15(17)19(25)26/h4-11H,1-3H3/t11-/m1/s1. The summed E-state index contributed by atoms with van der Waals surface area (Å²) in [7, 11) is 1.32. The molecule has 2 aromatic carbocycles. The molecule has 0 saturated heterocycles. The monoisotopic (exact) mass is 569 g/mol. The van der Waals surface area contributed by atoms with Crippen LogP contribution in [0.4, 0.5) is 0 Å². The molecule has 29 heavy (non-hydrogen) atoms. The molecule has 3 aromatic rings. The van der Waals surface area contributed by atoms with Gasteiger partial charge in [0, 0.05) is 4.47 Å². The van der Waals surface area contributed by atoms with Gasteiger partial charge in [0.25, 0.3) is 5.56 Å². The second-order valence-electron chi connectivity index (χ2n) is 6.16. The highest BCUT2D eigenvalue weighted by atomic mass is 127. The summed E-state index contributed by atoms with van der Waals surface area (Å²) in [6.45, 7) is 3.35. The van der Waals surface area contributed by atoms with E-state index in [4.69, 9.17) is 4.74 Å². The summed E-state index contributed by atoms with van der Waals surface area (Å²) in [5.74, 6) is 0.602. The van der Waals surface area contributed by atoms with Gasteiger partial charge in [-0.3, -0.25) is 4.79 Å². The van der Waals surface area contributed by atoms with E-state index < -0.39 is 12.1 Å². The van der Waals surface area contributed by atoms with Crippen molar-refractivity contribution in [2.45, 2.75) is 20.0 Å². The molecule has 0 bridgehead atoms. The van der Waals surface area contributed by atoms with Crippen LogP contribution in [0, 0.1) is 10.5 Å². The van der Waals surface area contributed by atoms with Crippen molar-refractivity contribution >= 4 is 61.6 Å². The highest BCUT2D eigenvalue weighted by molar-refractivity contribution is 14.1. The quantitative estimate of drug-likeness (QED) is 0.264. The summed E-state index contributed by atoms with van der Waals surface area (Å²) >= 11 is 5.49. The molecule has 0 N–H and O–H groups in total. The van der Waals surface area contributed by atoms with Crippen molar-refractivity contribution in [2.75, 3.05) is 7.11 Å². The first-order valence-corrected chi connectivity index (χ1v) is 10.4. The maximum Gasteiger partial charge on any atom is 0.346 e. The number of aryl methyl sites for hydroxylation is 1. The normalized spacial score (nSPS) is 12.3. The summed E-state index contributed by atoms with van der Waals surface area (Å²) in [6, 6.07) is 10.7. The van der Waals surface area contributed by atoms with Gasteiger partial charge in [-0.1, -0.05) is 15.9 Å². The predicted octanol–water partition coefficient (Wildman–Crippen LogP) is 3.89. The van der Waals surface area contributed by atoms with Gasteiger partial charge < -0.3 is 9.47 Å². The molecule has 0 aliphatic rings. The second kappa shape index (κ2) is 9.04. The number of aromatic nitrogens is 2. The van der Waals surface area contributed by atoms with E-state index in [0.29, 0.717) is 22.5 Å². The number of methoxy groups -OCH3 is 1. The van der Waals surface area contributed by atoms with Crippen molar-refractivity contribution < 1.29 is 14.3 Å². The zero-order chi connectivity index (χ0) is 21.1. The fraction of sp³-hybridized carbons (Fsp3) is 0.200. The highest BCUT2D eigenvalue weighted by Crippen LogP contribution is 2.23. The molecule has 150 valence electrons. The number of fused-ring (bicyclic) bond motifs is 1. The number of carbonyl (C=O) groups excluding carboxylic acids is 1. The Hall–Kier alpha value is -2.27. The zero-order valence-corrected chi connectivity index (χ0v) is 19.6. The molecular weight excluding hydrogens is 553 g/mol. The van der Waals surface area contributed by atoms with Crippen molar-refractivity contribution in [3.8, 4) is 5.75 Å². The van der Waals surface area contributed by atoms with Gasteiger partial charge >= 0.3 is 5.97 Å². The number of ether oxygens (including phenoxy) is 2. The van der Waals surface area contributed by atoms with E-state index in [9.17, 15) is 9.59 Å². The van der Waals surface area contributed by atoms with Crippen LogP contribution >= 0.6 is 38.5 Å². The lowest BCUT2D eigenvalue weighted by Gasteiger charge is -2.14. The first kappa shape index (κ1) is 21.4. The van der Waals surface area contributed by atoms with Crippen LogP contribution in [-0.4, -0.2) is 35.1 Å². The molecule has 0 radical (unpaired) electrons. The number of nitrogens with zero attached hydrogens (tertiary/aromatic N) is 3. The van der Waals surface area contributed by atoms with E-state index in [1.165, 1.54) is 11.8 Å². The van der Waals surface area contributed by atoms with E-state index in [-0.39, 0.29) is 5.56 Å². The van der Waals surface area contributed by atoms with Crippen molar-refractivity contribution in [3.05, 3.63) is 66.2 Å². The molecule has 1 heterocycles. The van der Waals surface area contributed by atoms with E-state index in [0.717, 1.165) is 13.6 Å². The van der Waals surface area contributed by atoms with Gasteiger partial charge in [0.05, 0.1) is 27.8 Å². The van der Waals surface area contributed by atoms with Crippen LogP contribution in [0.2, 0.25) is 0 Å². The van der Waals surface area contributed by atoms with Crippen LogP contribution in [-0.2, 0) is 9.53 Å². The van der Waals surface area contributed by atoms with Crippen LogP contribution in [0.5, 0.6) is 5.75 Å². The summed E-state index contributed by atoms with van der Waals surface area (Å²) in [5, 5.41) is 4.80. The first-order valence-electron chi connectivity index (χ1n) is 8.57. The van der Waals surface area contributed by atoms with Crippen LogP contribution in [0.25, 0.3) is 10.9 Å². The van der Waals surface area contributed by atoms with E-state index in [1.807, 2.05) is 12.1 Å². The number of hydrogen-bond donors (Lipinski definition) is 0. The third-order valence-corrected chi connectivity index (χ3v) is 5.42. The van der Waals surface area contributed by atoms with Gasteiger partial charge in [-0.15, -0.1) is 0 Å². The fourth-order valence-corrected chi connectivity index (χ4v) is 3.65. The number of esters is 1. The lowest BCUT2D eigenvalue weighted by atomic mass is 10.2. The molecule has 1 atom stereocenters. The summed E-state index contributed by atoms with van der Waals surface area (Å²) in [4.78, 5) is 28.7. The summed E-state index contributed by atoms with van der Waals surface area (Å²) < 4.78 is 13.2. The molecule has 3 rings (SSSR count). The first-order chi connectivity index (χ1) is 13.8. The maximum atomic E-state index is 12.8. The number of halogens is 2. The summed E-state index contributed by atoms with van der Waals surface area (Å²) in [6.07, 6.45) is 0.868. The molecule has 0 unspecified atom stereocenters. The molecular formula is C20H17BrIN3O4. The number of hydrogen-bond acceptors (Lipinski definition) is 6. The van der Waals surface area contributed by atoms with Crippen LogP contribution in [0.15, 0.2) is 50.8 Å². The fourth-order valence-electron chi connectivity index (χ4n) is 2.62. The van der Waals surface area contributed by atoms with Gasteiger partial charge in [0.1, 0.15) is 11.6 Å². The van der Waals surface area contributed by atoms with Crippen molar-refractivity contribution in [3.63, 3.8) is 0 Å². The Labute approximate surface area is 189 Å². The molecule has 7 nitrogen and oxygen atoms in total. The Morgan fingerprint density at radius 2 is 2.07 bits per heavy atom. The van der Waals surface area contributed by atoms with Crippen LogP contribution in [0.3, 0.4) is 0 Å². The SMILES string of the molecule is COC(=O)[C@@H](C)Oc1ccc(C=Nn2c(C)nc3ccc(Br)cc3c2=O)cc1I. The molecule has 0 amide bonds. The highest BCUT2D eigenvalue weighted by Gasteiger charge is 2.16. The van der Waals surface area contributed by atoms with E-state index >= 15 is 0 Å². The van der Waals surface area contributed by atoms with Gasteiger partial charge in [0.2, 0.25) is 0 Å². The third-order valence-electron chi connectivity index (χ3n) is 4.09. The minimum absolute atomic E-state index is 0.244. The van der Waals surface area contributed by atoms with E-state index in [2.05, 4.69) is 53.3 Å². The molecule has 0 aliphatic heterocycles. The average molecular weight is 570 g/mol. The number of benzene rings is 2. The molecule has 9 heteroatoms.